The number of carboxylic acid groups (broad SMARTS) is 1. The summed E-state index contributed by atoms with van der Waals surface area (Å²) in [5, 5.41) is 10.4. The van der Waals surface area contributed by atoms with E-state index in [1.165, 1.54) is 6.07 Å². The normalized spacial score (nSPS) is 11.6. The largest absolute Gasteiger partial charge is 0.480 e. The second kappa shape index (κ2) is 7.53. The summed E-state index contributed by atoms with van der Waals surface area (Å²) in [6.07, 6.45) is 0. The molecule has 7 nitrogen and oxygen atoms in total. The first kappa shape index (κ1) is 17.6. The van der Waals surface area contributed by atoms with Crippen molar-refractivity contribution in [2.24, 2.45) is 5.92 Å². The molecule has 0 fully saturated rings. The molecule has 0 saturated carbocycles. The average Bonchev–Trinajstić information content (AvgIpc) is 2.88. The fourth-order valence-corrected chi connectivity index (χ4v) is 3.63. The Labute approximate surface area is 127 Å². The number of aliphatic carboxylic acids is 1. The highest BCUT2D eigenvalue weighted by atomic mass is 32.2. The number of nitrogens with one attached hydrogen (secondary N) is 1. The molecule has 1 aromatic rings. The van der Waals surface area contributed by atoms with Crippen LogP contribution in [0.3, 0.4) is 0 Å². The number of rotatable bonds is 8. The summed E-state index contributed by atoms with van der Waals surface area (Å²) in [6, 6.07) is 3.02. The lowest BCUT2D eigenvalue weighted by Crippen LogP contribution is -2.44. The van der Waals surface area contributed by atoms with Gasteiger partial charge in [0.2, 0.25) is 5.91 Å². The van der Waals surface area contributed by atoms with Crippen LogP contribution < -0.4 is 4.72 Å². The van der Waals surface area contributed by atoms with E-state index >= 15 is 0 Å². The van der Waals surface area contributed by atoms with Crippen LogP contribution in [0.15, 0.2) is 21.7 Å². The summed E-state index contributed by atoms with van der Waals surface area (Å²) in [5.41, 5.74) is 0. The summed E-state index contributed by atoms with van der Waals surface area (Å²) in [4.78, 5) is 23.9. The van der Waals surface area contributed by atoms with Crippen LogP contribution in [-0.2, 0) is 19.6 Å². The van der Waals surface area contributed by atoms with Crippen molar-refractivity contribution in [3.05, 3.63) is 17.5 Å². The lowest BCUT2D eigenvalue weighted by molar-refractivity contribution is -0.144. The van der Waals surface area contributed by atoms with Crippen molar-refractivity contribution in [3.63, 3.8) is 0 Å². The van der Waals surface area contributed by atoms with E-state index in [0.717, 1.165) is 16.2 Å². The maximum absolute atomic E-state index is 12.0. The van der Waals surface area contributed by atoms with Gasteiger partial charge in [-0.15, -0.1) is 11.3 Å². The quantitative estimate of drug-likeness (QED) is 0.724. The van der Waals surface area contributed by atoms with E-state index in [1.54, 1.807) is 11.4 Å². The molecule has 0 bridgehead atoms. The third kappa shape index (κ3) is 5.82. The van der Waals surface area contributed by atoms with Gasteiger partial charge in [-0.05, 0) is 17.4 Å². The fraction of sp³-hybridized carbons (Fsp3) is 0.500. The van der Waals surface area contributed by atoms with Gasteiger partial charge >= 0.3 is 5.97 Å². The summed E-state index contributed by atoms with van der Waals surface area (Å²) in [5.74, 6) is -1.61. The topological polar surface area (TPSA) is 104 Å². The lowest BCUT2D eigenvalue weighted by Gasteiger charge is -2.22. The molecule has 21 heavy (non-hydrogen) atoms. The Balaban J connectivity index is 2.67. The van der Waals surface area contributed by atoms with Gasteiger partial charge in [-0.1, -0.05) is 19.9 Å². The predicted octanol–water partition coefficient (Wildman–Crippen LogP) is 0.596. The van der Waals surface area contributed by atoms with Crippen molar-refractivity contribution in [2.45, 2.75) is 18.1 Å². The molecule has 0 aliphatic heterocycles. The van der Waals surface area contributed by atoms with Crippen molar-refractivity contribution >= 4 is 33.2 Å². The van der Waals surface area contributed by atoms with Crippen LogP contribution in [-0.4, -0.2) is 49.9 Å². The van der Waals surface area contributed by atoms with E-state index in [-0.39, 0.29) is 16.7 Å². The molecule has 0 saturated heterocycles. The van der Waals surface area contributed by atoms with Gasteiger partial charge in [0, 0.05) is 6.54 Å². The predicted molar refractivity (Wildman–Crippen MR) is 78.6 cm³/mol. The summed E-state index contributed by atoms with van der Waals surface area (Å²) >= 11 is 1.04. The first-order chi connectivity index (χ1) is 9.72. The molecule has 0 unspecified atom stereocenters. The van der Waals surface area contributed by atoms with Crippen molar-refractivity contribution in [2.75, 3.05) is 19.6 Å². The number of amides is 1. The van der Waals surface area contributed by atoms with E-state index in [1.807, 2.05) is 13.8 Å². The Morgan fingerprint density at radius 2 is 2.10 bits per heavy atom. The van der Waals surface area contributed by atoms with Gasteiger partial charge < -0.3 is 10.0 Å². The van der Waals surface area contributed by atoms with Crippen LogP contribution in [0.2, 0.25) is 0 Å². The standard InChI is InChI=1S/C12H18N2O5S2/c1-9(2)7-14(8-11(16)17)10(15)6-13-21(18,19)12-4-3-5-20-12/h3-5,9,13H,6-8H2,1-2H3,(H,16,17). The molecule has 1 rings (SSSR count). The van der Waals surface area contributed by atoms with Crippen LogP contribution >= 0.6 is 11.3 Å². The lowest BCUT2D eigenvalue weighted by atomic mass is 10.2. The van der Waals surface area contributed by atoms with Gasteiger partial charge in [0.25, 0.3) is 10.0 Å². The summed E-state index contributed by atoms with van der Waals surface area (Å²) < 4.78 is 26.1. The number of carboxylic acids is 1. The van der Waals surface area contributed by atoms with E-state index in [0.29, 0.717) is 0 Å². The van der Waals surface area contributed by atoms with Gasteiger partial charge in [0.05, 0.1) is 6.54 Å². The molecular weight excluding hydrogens is 316 g/mol. The van der Waals surface area contributed by atoms with Crippen LogP contribution in [0.5, 0.6) is 0 Å². The van der Waals surface area contributed by atoms with Gasteiger partial charge in [0.15, 0.2) is 0 Å². The fourth-order valence-electron chi connectivity index (χ4n) is 1.61. The number of carbonyl (C=O) groups is 2. The Kier molecular flexibility index (Phi) is 6.31. The second-order valence-corrected chi connectivity index (χ2v) is 7.76. The van der Waals surface area contributed by atoms with Gasteiger partial charge in [-0.2, -0.15) is 0 Å². The highest BCUT2D eigenvalue weighted by Crippen LogP contribution is 2.15. The van der Waals surface area contributed by atoms with Crippen molar-refractivity contribution in [1.29, 1.82) is 0 Å². The minimum Gasteiger partial charge on any atom is -0.480 e. The molecule has 1 aromatic heterocycles. The zero-order valence-electron chi connectivity index (χ0n) is 11.8. The third-order valence-electron chi connectivity index (χ3n) is 2.44. The van der Waals surface area contributed by atoms with Crippen LogP contribution in [0, 0.1) is 5.92 Å². The Morgan fingerprint density at radius 1 is 1.43 bits per heavy atom. The first-order valence-electron chi connectivity index (χ1n) is 6.25. The van der Waals surface area contributed by atoms with Crippen LogP contribution in [0.1, 0.15) is 13.8 Å². The third-order valence-corrected chi connectivity index (χ3v) is 5.24. The van der Waals surface area contributed by atoms with E-state index in [2.05, 4.69) is 4.72 Å². The SMILES string of the molecule is CC(C)CN(CC(=O)O)C(=O)CNS(=O)(=O)c1cccs1. The molecular formula is C12H18N2O5S2. The highest BCUT2D eigenvalue weighted by molar-refractivity contribution is 7.91. The zero-order valence-corrected chi connectivity index (χ0v) is 13.4. The molecule has 118 valence electrons. The number of hydrogen-bond donors (Lipinski definition) is 2. The number of sulfonamides is 1. The van der Waals surface area contributed by atoms with E-state index in [9.17, 15) is 18.0 Å². The van der Waals surface area contributed by atoms with Gasteiger partial charge in [-0.25, -0.2) is 13.1 Å². The minimum atomic E-state index is -3.73. The molecule has 1 heterocycles. The average molecular weight is 334 g/mol. The second-order valence-electron chi connectivity index (χ2n) is 4.82. The van der Waals surface area contributed by atoms with E-state index < -0.39 is 35.0 Å². The number of thiophene rings is 1. The van der Waals surface area contributed by atoms with Crippen molar-refractivity contribution in [3.8, 4) is 0 Å². The summed E-state index contributed by atoms with van der Waals surface area (Å²) in [6.45, 7) is 3.04. The molecule has 0 radical (unpaired) electrons. The Hall–Kier alpha value is -1.45. The monoisotopic (exact) mass is 334 g/mol. The Bertz CT molecular complexity index is 581. The molecule has 0 aliphatic carbocycles. The number of carbonyl (C=O) groups excluding carboxylic acids is 1. The molecule has 2 N–H and O–H groups in total. The van der Waals surface area contributed by atoms with Gasteiger partial charge in [0.1, 0.15) is 10.8 Å². The van der Waals surface area contributed by atoms with E-state index in [4.69, 9.17) is 5.11 Å². The maximum Gasteiger partial charge on any atom is 0.323 e. The maximum atomic E-state index is 12.0. The van der Waals surface area contributed by atoms with Crippen LogP contribution in [0.4, 0.5) is 0 Å². The first-order valence-corrected chi connectivity index (χ1v) is 8.61. The number of hydrogen-bond acceptors (Lipinski definition) is 5. The van der Waals surface area contributed by atoms with Gasteiger partial charge in [-0.3, -0.25) is 9.59 Å². The molecule has 9 heteroatoms. The van der Waals surface area contributed by atoms with Crippen molar-refractivity contribution in [1.82, 2.24) is 9.62 Å². The highest BCUT2D eigenvalue weighted by Gasteiger charge is 2.21. The van der Waals surface area contributed by atoms with Crippen LogP contribution in [0.25, 0.3) is 0 Å². The molecule has 0 spiro atoms. The minimum absolute atomic E-state index is 0.0854. The molecule has 0 aromatic carbocycles. The summed E-state index contributed by atoms with van der Waals surface area (Å²) in [7, 11) is -3.73. The smallest absolute Gasteiger partial charge is 0.323 e. The Morgan fingerprint density at radius 3 is 2.57 bits per heavy atom. The zero-order chi connectivity index (χ0) is 16.0. The van der Waals surface area contributed by atoms with Crippen molar-refractivity contribution < 1.29 is 23.1 Å². The molecule has 1 amide bonds. The molecule has 0 atom stereocenters. The number of nitrogens with zero attached hydrogens (tertiary/aromatic N) is 1. The molecule has 0 aliphatic rings.